The fraction of sp³-hybridized carbons (Fsp3) is 0.214. The van der Waals surface area contributed by atoms with Crippen molar-refractivity contribution in [2.24, 2.45) is 0 Å². The Morgan fingerprint density at radius 3 is 2.68 bits per heavy atom. The maximum Gasteiger partial charge on any atom is 0.132 e. The molecule has 0 saturated carbocycles. The zero-order valence-electron chi connectivity index (χ0n) is 10.6. The van der Waals surface area contributed by atoms with Crippen molar-refractivity contribution in [3.63, 3.8) is 0 Å². The molecule has 19 heavy (non-hydrogen) atoms. The van der Waals surface area contributed by atoms with Crippen molar-refractivity contribution in [3.8, 4) is 0 Å². The summed E-state index contributed by atoms with van der Waals surface area (Å²) in [7, 11) is 0. The Kier molecular flexibility index (Phi) is 5.22. The second-order valence-corrected chi connectivity index (χ2v) is 5.85. The molecule has 0 atom stereocenters. The first-order valence-electron chi connectivity index (χ1n) is 6.12. The summed E-state index contributed by atoms with van der Waals surface area (Å²) in [5.74, 6) is 1.71. The van der Waals surface area contributed by atoms with Crippen molar-refractivity contribution in [3.05, 3.63) is 45.3 Å². The third-order valence-electron chi connectivity index (χ3n) is 2.50. The van der Waals surface area contributed by atoms with Crippen LogP contribution in [0, 0.1) is 0 Å². The number of halogens is 2. The molecule has 0 unspecified atom stereocenters. The monoisotopic (exact) mass is 383 g/mol. The van der Waals surface area contributed by atoms with E-state index < -0.39 is 0 Å². The molecule has 2 rings (SSSR count). The average molecular weight is 385 g/mol. The van der Waals surface area contributed by atoms with Gasteiger partial charge in [0, 0.05) is 15.5 Å². The Bertz CT molecular complexity index is 558. The first-order chi connectivity index (χ1) is 9.19. The molecule has 1 aromatic carbocycles. The van der Waals surface area contributed by atoms with Crippen LogP contribution in [0.15, 0.2) is 45.3 Å². The van der Waals surface area contributed by atoms with Crippen LogP contribution >= 0.6 is 31.9 Å². The lowest BCUT2D eigenvalue weighted by Gasteiger charge is -2.10. The third kappa shape index (κ3) is 4.21. The molecule has 0 aliphatic rings. The van der Waals surface area contributed by atoms with Gasteiger partial charge in [-0.15, -0.1) is 0 Å². The molecule has 0 aliphatic heterocycles. The summed E-state index contributed by atoms with van der Waals surface area (Å²) in [5, 5.41) is 6.58. The van der Waals surface area contributed by atoms with Gasteiger partial charge in [0.2, 0.25) is 0 Å². The van der Waals surface area contributed by atoms with Crippen molar-refractivity contribution in [1.82, 2.24) is 4.98 Å². The van der Waals surface area contributed by atoms with E-state index in [1.807, 2.05) is 36.4 Å². The van der Waals surface area contributed by atoms with Crippen LogP contribution in [0.3, 0.4) is 0 Å². The normalized spacial score (nSPS) is 10.3. The molecule has 1 heterocycles. The first-order valence-corrected chi connectivity index (χ1v) is 7.70. The molecule has 5 heteroatoms. The quantitative estimate of drug-likeness (QED) is 0.746. The van der Waals surface area contributed by atoms with E-state index in [-0.39, 0.29) is 0 Å². The summed E-state index contributed by atoms with van der Waals surface area (Å²) in [6, 6.07) is 11.9. The summed E-state index contributed by atoms with van der Waals surface area (Å²) in [4.78, 5) is 4.52. The summed E-state index contributed by atoms with van der Waals surface area (Å²) < 4.78 is 2.03. The highest BCUT2D eigenvalue weighted by Crippen LogP contribution is 2.28. The fourth-order valence-corrected chi connectivity index (χ4v) is 2.29. The highest BCUT2D eigenvalue weighted by molar-refractivity contribution is 9.11. The number of nitrogens with one attached hydrogen (secondary N) is 2. The smallest absolute Gasteiger partial charge is 0.132 e. The fourth-order valence-electron chi connectivity index (χ4n) is 1.59. The van der Waals surface area contributed by atoms with Crippen LogP contribution in [-0.2, 0) is 0 Å². The topological polar surface area (TPSA) is 37.0 Å². The van der Waals surface area contributed by atoms with E-state index in [9.17, 15) is 0 Å². The van der Waals surface area contributed by atoms with Crippen LogP contribution in [-0.4, -0.2) is 11.5 Å². The van der Waals surface area contributed by atoms with Gasteiger partial charge in [-0.25, -0.2) is 4.98 Å². The van der Waals surface area contributed by atoms with E-state index in [4.69, 9.17) is 0 Å². The number of rotatable bonds is 5. The Hall–Kier alpha value is -1.07. The van der Waals surface area contributed by atoms with Crippen LogP contribution < -0.4 is 10.6 Å². The standard InChI is InChI=1S/C14H15Br2N3/c1-2-8-17-13-4-3-5-14(19-13)18-12-9-10(15)6-7-11(12)16/h3-7,9H,2,8H2,1H3,(H2,17,18,19). The minimum atomic E-state index is 0.819. The number of aromatic nitrogens is 1. The molecule has 1 aromatic heterocycles. The maximum atomic E-state index is 4.52. The minimum Gasteiger partial charge on any atom is -0.370 e. The number of anilines is 3. The molecular weight excluding hydrogens is 370 g/mol. The zero-order chi connectivity index (χ0) is 13.7. The highest BCUT2D eigenvalue weighted by Gasteiger charge is 2.03. The zero-order valence-corrected chi connectivity index (χ0v) is 13.8. The molecule has 0 aliphatic carbocycles. The Morgan fingerprint density at radius 1 is 1.11 bits per heavy atom. The van der Waals surface area contributed by atoms with Crippen LogP contribution in [0.25, 0.3) is 0 Å². The lowest BCUT2D eigenvalue weighted by molar-refractivity contribution is 0.970. The van der Waals surface area contributed by atoms with Crippen molar-refractivity contribution < 1.29 is 0 Å². The molecular formula is C14H15Br2N3. The third-order valence-corrected chi connectivity index (χ3v) is 3.68. The van der Waals surface area contributed by atoms with E-state index in [0.29, 0.717) is 0 Å². The van der Waals surface area contributed by atoms with Crippen molar-refractivity contribution in [2.45, 2.75) is 13.3 Å². The molecule has 2 N–H and O–H groups in total. The van der Waals surface area contributed by atoms with Crippen molar-refractivity contribution >= 4 is 49.2 Å². The van der Waals surface area contributed by atoms with Gasteiger partial charge in [0.1, 0.15) is 11.6 Å². The van der Waals surface area contributed by atoms with Crippen LogP contribution in [0.1, 0.15) is 13.3 Å². The van der Waals surface area contributed by atoms with Gasteiger partial charge in [0.15, 0.2) is 0 Å². The number of hydrogen-bond acceptors (Lipinski definition) is 3. The number of benzene rings is 1. The van der Waals surface area contributed by atoms with E-state index in [2.05, 4.69) is 54.4 Å². The van der Waals surface area contributed by atoms with Gasteiger partial charge in [-0.3, -0.25) is 0 Å². The second-order valence-electron chi connectivity index (χ2n) is 4.08. The number of nitrogens with zero attached hydrogens (tertiary/aromatic N) is 1. The largest absolute Gasteiger partial charge is 0.370 e. The minimum absolute atomic E-state index is 0.819. The molecule has 0 fully saturated rings. The predicted molar refractivity (Wildman–Crippen MR) is 88.1 cm³/mol. The molecule has 0 radical (unpaired) electrons. The van der Waals surface area contributed by atoms with E-state index in [1.165, 1.54) is 0 Å². The van der Waals surface area contributed by atoms with Gasteiger partial charge in [-0.05, 0) is 52.7 Å². The lowest BCUT2D eigenvalue weighted by atomic mass is 10.3. The van der Waals surface area contributed by atoms with Gasteiger partial charge in [0.05, 0.1) is 5.69 Å². The van der Waals surface area contributed by atoms with E-state index in [0.717, 1.165) is 39.2 Å². The Balaban J connectivity index is 2.16. The molecule has 0 amide bonds. The molecule has 2 aromatic rings. The second kappa shape index (κ2) is 6.91. The van der Waals surface area contributed by atoms with Gasteiger partial charge >= 0.3 is 0 Å². The SMILES string of the molecule is CCCNc1cccc(Nc2cc(Br)ccc2Br)n1. The van der Waals surface area contributed by atoms with Crippen molar-refractivity contribution in [1.29, 1.82) is 0 Å². The number of pyridine rings is 1. The van der Waals surface area contributed by atoms with Gasteiger partial charge < -0.3 is 10.6 Å². The van der Waals surface area contributed by atoms with Gasteiger partial charge in [-0.2, -0.15) is 0 Å². The lowest BCUT2D eigenvalue weighted by Crippen LogP contribution is -2.03. The van der Waals surface area contributed by atoms with E-state index >= 15 is 0 Å². The molecule has 0 spiro atoms. The van der Waals surface area contributed by atoms with Crippen LogP contribution in [0.5, 0.6) is 0 Å². The maximum absolute atomic E-state index is 4.52. The predicted octanol–water partition coefficient (Wildman–Crippen LogP) is 5.17. The van der Waals surface area contributed by atoms with Crippen LogP contribution in [0.2, 0.25) is 0 Å². The Morgan fingerprint density at radius 2 is 1.89 bits per heavy atom. The summed E-state index contributed by atoms with van der Waals surface area (Å²) in [5.41, 5.74) is 0.981. The summed E-state index contributed by atoms with van der Waals surface area (Å²) in [6.07, 6.45) is 1.08. The summed E-state index contributed by atoms with van der Waals surface area (Å²) in [6.45, 7) is 3.06. The Labute approximate surface area is 130 Å². The molecule has 3 nitrogen and oxygen atoms in total. The van der Waals surface area contributed by atoms with Crippen LogP contribution in [0.4, 0.5) is 17.3 Å². The first kappa shape index (κ1) is 14.3. The highest BCUT2D eigenvalue weighted by atomic mass is 79.9. The number of hydrogen-bond donors (Lipinski definition) is 2. The summed E-state index contributed by atoms with van der Waals surface area (Å²) >= 11 is 6.99. The molecule has 0 bridgehead atoms. The van der Waals surface area contributed by atoms with E-state index in [1.54, 1.807) is 0 Å². The molecule has 0 saturated heterocycles. The average Bonchev–Trinajstić information content (AvgIpc) is 2.41. The molecule has 100 valence electrons. The van der Waals surface area contributed by atoms with Gasteiger partial charge in [-0.1, -0.05) is 28.9 Å². The van der Waals surface area contributed by atoms with Crippen molar-refractivity contribution in [2.75, 3.05) is 17.2 Å². The van der Waals surface area contributed by atoms with Gasteiger partial charge in [0.25, 0.3) is 0 Å².